The zero-order valence-electron chi connectivity index (χ0n) is 39.9. The number of carbonyl (C=O) groups excluding carboxylic acids is 1. The lowest BCUT2D eigenvalue weighted by molar-refractivity contribution is -0.365. The first-order valence-corrected chi connectivity index (χ1v) is 24.5. The van der Waals surface area contributed by atoms with Crippen molar-refractivity contribution in [2.45, 2.75) is 204 Å². The number of rotatable bonds is 10. The number of carbonyl (C=O) groups is 2. The van der Waals surface area contributed by atoms with Crippen LogP contribution in [0.1, 0.15) is 106 Å². The Morgan fingerprint density at radius 1 is 0.647 bits per heavy atom. The van der Waals surface area contributed by atoms with Gasteiger partial charge in [0.25, 0.3) is 0 Å². The van der Waals surface area contributed by atoms with Crippen molar-refractivity contribution in [1.82, 2.24) is 0 Å². The van der Waals surface area contributed by atoms with Crippen molar-refractivity contribution >= 4 is 11.9 Å². The third-order valence-electron chi connectivity index (χ3n) is 19.5. The summed E-state index contributed by atoms with van der Waals surface area (Å²) in [5.41, 5.74) is -1.81. The molecule has 68 heavy (non-hydrogen) atoms. The molecule has 12 N–H and O–H groups in total. The zero-order chi connectivity index (χ0) is 49.8. The SMILES string of the molecule is CC1(CO)CCC2(C(=O)OC3OC(CO)C(O)C(O)C3O)CCC3(C)C(=CCC4C5(C)CCC(OC6OC(C(=O)O)C(O)C(OC7OC(CO)C(O)C(O)C7O)C6O)C(C)(C)C5CCC43C)C2C1. The molecule has 24 unspecified atom stereocenters. The highest BCUT2D eigenvalue weighted by atomic mass is 16.7. The molecule has 20 heteroatoms. The van der Waals surface area contributed by atoms with Gasteiger partial charge in [-0.2, -0.15) is 0 Å². The van der Waals surface area contributed by atoms with Crippen LogP contribution in [0.2, 0.25) is 0 Å². The summed E-state index contributed by atoms with van der Waals surface area (Å²) < 4.78 is 35.1. The van der Waals surface area contributed by atoms with E-state index in [0.717, 1.165) is 18.4 Å². The molecular weight excluding hydrogens is 897 g/mol. The van der Waals surface area contributed by atoms with Gasteiger partial charge in [-0.3, -0.25) is 4.79 Å². The van der Waals surface area contributed by atoms with Gasteiger partial charge in [0, 0.05) is 6.61 Å². The number of aliphatic carboxylic acids is 1. The molecule has 3 saturated heterocycles. The Hall–Kier alpha value is -1.96. The van der Waals surface area contributed by atoms with Gasteiger partial charge in [-0.05, 0) is 109 Å². The lowest BCUT2D eigenvalue weighted by Crippen LogP contribution is -2.67. The van der Waals surface area contributed by atoms with E-state index in [-0.39, 0.29) is 40.6 Å². The second-order valence-corrected chi connectivity index (χ2v) is 23.3. The van der Waals surface area contributed by atoms with E-state index in [2.05, 4.69) is 40.7 Å². The second-order valence-electron chi connectivity index (χ2n) is 23.3. The van der Waals surface area contributed by atoms with E-state index in [9.17, 15) is 70.9 Å². The van der Waals surface area contributed by atoms with Crippen molar-refractivity contribution in [3.8, 4) is 0 Å². The fraction of sp³-hybridized carbons (Fsp3) is 0.917. The summed E-state index contributed by atoms with van der Waals surface area (Å²) in [6.45, 7) is 11.7. The number of aliphatic hydroxyl groups excluding tert-OH is 11. The van der Waals surface area contributed by atoms with Crippen molar-refractivity contribution in [3.63, 3.8) is 0 Å². The van der Waals surface area contributed by atoms with Crippen LogP contribution in [0.4, 0.5) is 0 Å². The van der Waals surface area contributed by atoms with Crippen LogP contribution in [0.3, 0.4) is 0 Å². The minimum absolute atomic E-state index is 0.0664. The Morgan fingerprint density at radius 3 is 1.84 bits per heavy atom. The van der Waals surface area contributed by atoms with Crippen molar-refractivity contribution < 1.29 is 99.3 Å². The van der Waals surface area contributed by atoms with E-state index >= 15 is 0 Å². The van der Waals surface area contributed by atoms with E-state index in [1.54, 1.807) is 0 Å². The number of aliphatic hydroxyl groups is 11. The van der Waals surface area contributed by atoms with E-state index in [4.69, 9.17) is 28.4 Å². The summed E-state index contributed by atoms with van der Waals surface area (Å²) in [6, 6.07) is 0. The zero-order valence-corrected chi connectivity index (χ0v) is 39.9. The Bertz CT molecular complexity index is 1900. The molecule has 8 aliphatic rings. The Morgan fingerprint density at radius 2 is 1.24 bits per heavy atom. The monoisotopic (exact) mass is 972 g/mol. The Labute approximate surface area is 396 Å². The van der Waals surface area contributed by atoms with Gasteiger partial charge in [0.15, 0.2) is 18.7 Å². The molecule has 3 heterocycles. The number of carboxylic acids is 1. The van der Waals surface area contributed by atoms with Crippen molar-refractivity contribution in [2.75, 3.05) is 19.8 Å². The third kappa shape index (κ3) is 8.03. The Kier molecular flexibility index (Phi) is 14.3. The van der Waals surface area contributed by atoms with Crippen LogP contribution in [0.5, 0.6) is 0 Å². The van der Waals surface area contributed by atoms with Gasteiger partial charge in [0.05, 0.1) is 24.7 Å². The van der Waals surface area contributed by atoms with E-state index in [1.165, 1.54) is 0 Å². The number of hydrogen-bond acceptors (Lipinski definition) is 19. The van der Waals surface area contributed by atoms with E-state index < -0.39 is 140 Å². The summed E-state index contributed by atoms with van der Waals surface area (Å²) in [7, 11) is 0. The first-order chi connectivity index (χ1) is 31.8. The molecule has 4 saturated carbocycles. The van der Waals surface area contributed by atoms with Crippen molar-refractivity contribution in [3.05, 3.63) is 11.6 Å². The molecule has 3 aliphatic heterocycles. The largest absolute Gasteiger partial charge is 0.479 e. The van der Waals surface area contributed by atoms with Gasteiger partial charge < -0.3 is 89.7 Å². The fourth-order valence-electron chi connectivity index (χ4n) is 15.1. The topological polar surface area (TPSA) is 332 Å². The smallest absolute Gasteiger partial charge is 0.335 e. The molecule has 0 spiro atoms. The molecule has 388 valence electrons. The van der Waals surface area contributed by atoms with Crippen LogP contribution < -0.4 is 0 Å². The molecule has 8 rings (SSSR count). The summed E-state index contributed by atoms with van der Waals surface area (Å²) in [4.78, 5) is 27.1. The van der Waals surface area contributed by atoms with Gasteiger partial charge in [-0.25, -0.2) is 4.79 Å². The molecule has 0 amide bonds. The highest BCUT2D eigenvalue weighted by Gasteiger charge is 2.70. The molecule has 7 fully saturated rings. The average Bonchev–Trinajstić information content (AvgIpc) is 3.29. The molecule has 0 aromatic heterocycles. The molecule has 0 radical (unpaired) electrons. The van der Waals surface area contributed by atoms with Crippen molar-refractivity contribution in [2.24, 2.45) is 50.2 Å². The van der Waals surface area contributed by atoms with Crippen LogP contribution in [-0.2, 0) is 38.0 Å². The quantitative estimate of drug-likeness (QED) is 0.0725. The summed E-state index contributed by atoms with van der Waals surface area (Å²) in [5.74, 6) is -2.24. The van der Waals surface area contributed by atoms with Crippen LogP contribution in [0.25, 0.3) is 0 Å². The van der Waals surface area contributed by atoms with Crippen LogP contribution in [-0.4, -0.2) is 191 Å². The normalized spacial score (nSPS) is 53.4. The second kappa shape index (κ2) is 18.5. The number of allylic oxidation sites excluding steroid dienone is 2. The highest BCUT2D eigenvalue weighted by molar-refractivity contribution is 5.79. The number of esters is 1. The van der Waals surface area contributed by atoms with Gasteiger partial charge in [0.2, 0.25) is 6.29 Å². The average molecular weight is 973 g/mol. The Balaban J connectivity index is 1.04. The van der Waals surface area contributed by atoms with Gasteiger partial charge in [-0.15, -0.1) is 0 Å². The maximum atomic E-state index is 14.7. The van der Waals surface area contributed by atoms with Crippen LogP contribution in [0, 0.1) is 50.2 Å². The third-order valence-corrected chi connectivity index (χ3v) is 19.5. The summed E-state index contributed by atoms with van der Waals surface area (Å²) in [5, 5.41) is 126. The first-order valence-electron chi connectivity index (χ1n) is 24.5. The van der Waals surface area contributed by atoms with E-state index in [0.29, 0.717) is 51.4 Å². The molecule has 0 aromatic carbocycles. The highest BCUT2D eigenvalue weighted by Crippen LogP contribution is 2.76. The molecule has 20 nitrogen and oxygen atoms in total. The van der Waals surface area contributed by atoms with E-state index in [1.807, 2.05) is 6.92 Å². The fourth-order valence-corrected chi connectivity index (χ4v) is 15.1. The number of hydrogen-bond donors (Lipinski definition) is 12. The maximum absolute atomic E-state index is 14.7. The summed E-state index contributed by atoms with van der Waals surface area (Å²) in [6.07, 6.45) is -17.8. The van der Waals surface area contributed by atoms with Gasteiger partial charge in [-0.1, -0.05) is 53.2 Å². The minimum Gasteiger partial charge on any atom is -0.479 e. The van der Waals surface area contributed by atoms with Gasteiger partial charge in [0.1, 0.15) is 67.1 Å². The molecular formula is C48H76O20. The maximum Gasteiger partial charge on any atom is 0.335 e. The minimum atomic E-state index is -1.98. The van der Waals surface area contributed by atoms with Crippen LogP contribution >= 0.6 is 0 Å². The number of fused-ring (bicyclic) bond motifs is 7. The molecule has 0 bridgehead atoms. The lowest BCUT2D eigenvalue weighted by atomic mass is 9.33. The van der Waals surface area contributed by atoms with Crippen LogP contribution in [0.15, 0.2) is 11.6 Å². The molecule has 0 aromatic rings. The lowest BCUT2D eigenvalue weighted by Gasteiger charge is -2.71. The number of carboxylic acid groups (broad SMARTS) is 1. The molecule has 5 aliphatic carbocycles. The van der Waals surface area contributed by atoms with Crippen molar-refractivity contribution in [1.29, 1.82) is 0 Å². The first kappa shape index (κ1) is 52.4. The predicted octanol–water partition coefficient (Wildman–Crippen LogP) is -0.795. The number of ether oxygens (including phenoxy) is 6. The van der Waals surface area contributed by atoms with Gasteiger partial charge >= 0.3 is 11.9 Å². The summed E-state index contributed by atoms with van der Waals surface area (Å²) >= 11 is 0. The standard InChI is InChI=1S/C48H76O20/c1-43(2)25-9-12-47(6)26(45(25,4)11-10-27(43)65-41-35(59)36(34(58)37(67-41)38(60)61)66-39-32(56)30(54)28(52)23(18-49)63-39)8-7-21-22-17-44(3,20-51)13-15-48(22,16-14-46(21,47)5)42(62)68-40-33(57)31(55)29(53)24(19-50)64-40/h7,22-37,39-41,49-59H,8-20H2,1-6H3,(H,60,61). The predicted molar refractivity (Wildman–Crippen MR) is 232 cm³/mol. The molecule has 24 atom stereocenters.